The lowest BCUT2D eigenvalue weighted by molar-refractivity contribution is -0.186. The van der Waals surface area contributed by atoms with Crippen molar-refractivity contribution in [3.63, 3.8) is 0 Å². The Morgan fingerprint density at radius 2 is 1.86 bits per heavy atom. The molecule has 0 amide bonds. The molecule has 0 heterocycles. The maximum absolute atomic E-state index is 9.55. The van der Waals surface area contributed by atoms with Gasteiger partial charge in [-0.25, -0.2) is 0 Å². The van der Waals surface area contributed by atoms with Gasteiger partial charge in [0.05, 0.1) is 5.60 Å². The van der Waals surface area contributed by atoms with Crippen molar-refractivity contribution < 1.29 is 9.84 Å². The third-order valence-corrected chi connectivity index (χ3v) is 1.88. The predicted molar refractivity (Wildman–Crippen MR) is 57.7 cm³/mol. The van der Waals surface area contributed by atoms with Gasteiger partial charge >= 0.3 is 0 Å². The molecule has 0 radical (unpaired) electrons. The van der Waals surface area contributed by atoms with Gasteiger partial charge < -0.3 is 15.6 Å². The highest BCUT2D eigenvalue weighted by molar-refractivity contribution is 4.71. The van der Waals surface area contributed by atoms with E-state index in [1.807, 2.05) is 34.6 Å². The molecule has 0 saturated heterocycles. The van der Waals surface area contributed by atoms with Crippen molar-refractivity contribution in [3.05, 3.63) is 0 Å². The monoisotopic (exact) mass is 204 g/mol. The first-order chi connectivity index (χ1) is 6.26. The lowest BCUT2D eigenvalue weighted by atomic mass is 10.1. The molecule has 0 aromatic rings. The molecule has 2 atom stereocenters. The van der Waals surface area contributed by atoms with Gasteiger partial charge in [0.25, 0.3) is 0 Å². The van der Waals surface area contributed by atoms with E-state index in [1.165, 1.54) is 0 Å². The Hall–Kier alpha value is -0.160. The van der Waals surface area contributed by atoms with Gasteiger partial charge in [0.2, 0.25) is 6.41 Å². The van der Waals surface area contributed by atoms with Crippen molar-refractivity contribution >= 4 is 0 Å². The summed E-state index contributed by atoms with van der Waals surface area (Å²) in [4.78, 5) is 0. The Balaban J connectivity index is 3.97. The lowest BCUT2D eigenvalue weighted by Crippen LogP contribution is -2.49. The maximum Gasteiger partial charge on any atom is 0.214 e. The summed E-state index contributed by atoms with van der Waals surface area (Å²) in [5.74, 6) is 0.373. The number of rotatable bonds is 5. The zero-order valence-corrected chi connectivity index (χ0v) is 9.87. The highest BCUT2D eigenvalue weighted by Gasteiger charge is 2.20. The van der Waals surface area contributed by atoms with Crippen molar-refractivity contribution in [2.75, 3.05) is 6.54 Å². The van der Waals surface area contributed by atoms with E-state index in [2.05, 4.69) is 5.32 Å². The van der Waals surface area contributed by atoms with Crippen molar-refractivity contribution in [2.24, 2.45) is 11.7 Å². The zero-order chi connectivity index (χ0) is 11.4. The fourth-order valence-electron chi connectivity index (χ4n) is 1.08. The first kappa shape index (κ1) is 13.8. The second-order valence-corrected chi connectivity index (χ2v) is 4.84. The molecule has 0 fully saturated rings. The Labute approximate surface area is 86.8 Å². The Morgan fingerprint density at radius 3 is 2.14 bits per heavy atom. The van der Waals surface area contributed by atoms with E-state index < -0.39 is 6.41 Å². The summed E-state index contributed by atoms with van der Waals surface area (Å²) in [6.45, 7) is 10.3. The van der Waals surface area contributed by atoms with Crippen LogP contribution >= 0.6 is 0 Å². The molecule has 4 N–H and O–H groups in total. The lowest BCUT2D eigenvalue weighted by Gasteiger charge is -2.29. The van der Waals surface area contributed by atoms with Gasteiger partial charge in [0.1, 0.15) is 0 Å². The van der Waals surface area contributed by atoms with Crippen LogP contribution < -0.4 is 11.1 Å². The minimum Gasteiger partial charge on any atom is -0.356 e. The number of hydrogen-bond acceptors (Lipinski definition) is 4. The van der Waals surface area contributed by atoms with Crippen LogP contribution in [-0.2, 0) is 4.74 Å². The van der Waals surface area contributed by atoms with Gasteiger partial charge in [-0.3, -0.25) is 5.32 Å². The van der Waals surface area contributed by atoms with E-state index in [0.717, 1.165) is 0 Å². The topological polar surface area (TPSA) is 67.5 Å². The number of ether oxygens (including phenoxy) is 1. The molecule has 0 aliphatic rings. The fraction of sp³-hybridized carbons (Fsp3) is 1.00. The average Bonchev–Trinajstić information content (AvgIpc) is 1.96. The van der Waals surface area contributed by atoms with Gasteiger partial charge in [-0.05, 0) is 26.7 Å². The van der Waals surface area contributed by atoms with Gasteiger partial charge in [0, 0.05) is 12.6 Å². The Morgan fingerprint density at radius 1 is 1.36 bits per heavy atom. The van der Waals surface area contributed by atoms with Crippen molar-refractivity contribution in [1.82, 2.24) is 5.32 Å². The van der Waals surface area contributed by atoms with E-state index in [4.69, 9.17) is 10.5 Å². The van der Waals surface area contributed by atoms with Crippen LogP contribution in [0.5, 0.6) is 0 Å². The fourth-order valence-corrected chi connectivity index (χ4v) is 1.08. The molecule has 0 aliphatic heterocycles. The molecule has 0 aromatic heterocycles. The minimum absolute atomic E-state index is 0.0762. The zero-order valence-electron chi connectivity index (χ0n) is 9.87. The van der Waals surface area contributed by atoms with Gasteiger partial charge in [-0.1, -0.05) is 13.8 Å². The van der Waals surface area contributed by atoms with E-state index in [9.17, 15) is 5.11 Å². The number of aliphatic hydroxyl groups is 1. The molecule has 4 nitrogen and oxygen atoms in total. The molecule has 1 unspecified atom stereocenters. The molecule has 0 aromatic carbocycles. The molecule has 86 valence electrons. The van der Waals surface area contributed by atoms with Crippen LogP contribution in [0.1, 0.15) is 34.6 Å². The highest BCUT2D eigenvalue weighted by Crippen LogP contribution is 2.09. The van der Waals surface area contributed by atoms with Crippen LogP contribution in [0.15, 0.2) is 0 Å². The van der Waals surface area contributed by atoms with Crippen LogP contribution in [0, 0.1) is 5.92 Å². The normalized spacial score (nSPS) is 17.1. The van der Waals surface area contributed by atoms with Crippen molar-refractivity contribution in [1.29, 1.82) is 0 Å². The van der Waals surface area contributed by atoms with Crippen LogP contribution in [0.4, 0.5) is 0 Å². The van der Waals surface area contributed by atoms with Gasteiger partial charge in [-0.2, -0.15) is 0 Å². The molecule has 4 heteroatoms. The van der Waals surface area contributed by atoms with E-state index in [0.29, 0.717) is 12.5 Å². The molecule has 0 saturated carbocycles. The van der Waals surface area contributed by atoms with E-state index in [-0.39, 0.29) is 11.6 Å². The second kappa shape index (κ2) is 5.66. The summed E-state index contributed by atoms with van der Waals surface area (Å²) in [6.07, 6.45) is -0.953. The van der Waals surface area contributed by atoms with Crippen LogP contribution in [0.3, 0.4) is 0 Å². The van der Waals surface area contributed by atoms with Crippen molar-refractivity contribution in [2.45, 2.75) is 52.7 Å². The van der Waals surface area contributed by atoms with Gasteiger partial charge in [-0.15, -0.1) is 0 Å². The minimum atomic E-state index is -0.953. The number of nitrogens with two attached hydrogens (primary N) is 1. The summed E-state index contributed by atoms with van der Waals surface area (Å²) in [6, 6.07) is 0.0762. The summed E-state index contributed by atoms with van der Waals surface area (Å²) < 4.78 is 5.31. The van der Waals surface area contributed by atoms with Gasteiger partial charge in [0.15, 0.2) is 0 Å². The number of aliphatic hydroxyl groups excluding tert-OH is 1. The first-order valence-electron chi connectivity index (χ1n) is 5.08. The van der Waals surface area contributed by atoms with Crippen molar-refractivity contribution in [3.8, 4) is 0 Å². The van der Waals surface area contributed by atoms with E-state index in [1.54, 1.807) is 0 Å². The SMILES string of the molecule is CC(C)[C@@H](CN)NC(O)OC(C)(C)C. The molecule has 14 heavy (non-hydrogen) atoms. The standard InChI is InChI=1S/C10H24N2O2/c1-7(2)8(6-11)12-9(13)14-10(3,4)5/h7-9,12-13H,6,11H2,1-5H3/t8-,9?/m1/s1. The van der Waals surface area contributed by atoms with Crippen LogP contribution in [-0.4, -0.2) is 29.7 Å². The quantitative estimate of drug-likeness (QED) is 0.575. The average molecular weight is 204 g/mol. The van der Waals surface area contributed by atoms with Crippen LogP contribution in [0.25, 0.3) is 0 Å². The summed E-state index contributed by atoms with van der Waals surface area (Å²) in [5.41, 5.74) is 5.20. The maximum atomic E-state index is 9.55. The van der Waals surface area contributed by atoms with E-state index >= 15 is 0 Å². The highest BCUT2D eigenvalue weighted by atomic mass is 16.6. The predicted octanol–water partition coefficient (Wildman–Crippen LogP) is 0.650. The molecular formula is C10H24N2O2. The summed E-state index contributed by atoms with van der Waals surface area (Å²) >= 11 is 0. The largest absolute Gasteiger partial charge is 0.356 e. The summed E-state index contributed by atoms with van der Waals surface area (Å²) in [5, 5.41) is 12.5. The first-order valence-corrected chi connectivity index (χ1v) is 5.08. The number of nitrogens with one attached hydrogen (secondary N) is 1. The summed E-state index contributed by atoms with van der Waals surface area (Å²) in [7, 11) is 0. The number of hydrogen-bond donors (Lipinski definition) is 3. The molecule has 0 rings (SSSR count). The molecule has 0 spiro atoms. The molecule has 0 bridgehead atoms. The Bertz CT molecular complexity index is 155. The molecule has 0 aliphatic carbocycles. The Kier molecular flexibility index (Phi) is 5.59. The van der Waals surface area contributed by atoms with Crippen LogP contribution in [0.2, 0.25) is 0 Å². The molecular weight excluding hydrogens is 180 g/mol. The second-order valence-electron chi connectivity index (χ2n) is 4.84. The third-order valence-electron chi connectivity index (χ3n) is 1.88. The third kappa shape index (κ3) is 6.32. The smallest absolute Gasteiger partial charge is 0.214 e.